The van der Waals surface area contributed by atoms with Gasteiger partial charge in [0.25, 0.3) is 5.91 Å². The first kappa shape index (κ1) is 14.0. The summed E-state index contributed by atoms with van der Waals surface area (Å²) < 4.78 is 10.6. The van der Waals surface area contributed by atoms with E-state index in [0.29, 0.717) is 28.7 Å². The molecule has 0 aliphatic carbocycles. The quantitative estimate of drug-likeness (QED) is 0.807. The number of nitrogens with zero attached hydrogens (tertiary/aromatic N) is 1. The zero-order valence-electron chi connectivity index (χ0n) is 12.8. The summed E-state index contributed by atoms with van der Waals surface area (Å²) in [6.07, 6.45) is 1.04. The molecule has 1 fully saturated rings. The smallest absolute Gasteiger partial charge is 0.256 e. The fourth-order valence-corrected chi connectivity index (χ4v) is 2.96. The van der Waals surface area contributed by atoms with Crippen LogP contribution in [-0.4, -0.2) is 30.7 Å². The molecule has 1 aromatic carbocycles. The van der Waals surface area contributed by atoms with E-state index in [9.17, 15) is 4.79 Å². The number of hydrogen-bond donors (Lipinski definition) is 1. The highest BCUT2D eigenvalue weighted by atomic mass is 16.7. The van der Waals surface area contributed by atoms with Gasteiger partial charge in [-0.05, 0) is 23.8 Å². The number of amides is 1. The summed E-state index contributed by atoms with van der Waals surface area (Å²) in [5, 5.41) is 0. The zero-order valence-corrected chi connectivity index (χ0v) is 12.8. The van der Waals surface area contributed by atoms with Crippen molar-refractivity contribution < 1.29 is 14.3 Å². The number of benzene rings is 1. The summed E-state index contributed by atoms with van der Waals surface area (Å²) in [5.74, 6) is 1.71. The lowest BCUT2D eigenvalue weighted by Crippen LogP contribution is -2.31. The predicted octanol–water partition coefficient (Wildman–Crippen LogP) is 2.51. The van der Waals surface area contributed by atoms with Gasteiger partial charge in [-0.2, -0.15) is 0 Å². The minimum absolute atomic E-state index is 0.0162. The van der Waals surface area contributed by atoms with E-state index in [2.05, 4.69) is 20.8 Å². The van der Waals surface area contributed by atoms with Crippen molar-refractivity contribution in [2.75, 3.05) is 25.6 Å². The van der Waals surface area contributed by atoms with E-state index in [0.717, 1.165) is 19.5 Å². The van der Waals surface area contributed by atoms with Crippen molar-refractivity contribution in [3.63, 3.8) is 0 Å². The van der Waals surface area contributed by atoms with Crippen LogP contribution in [0.5, 0.6) is 11.5 Å². The van der Waals surface area contributed by atoms with Gasteiger partial charge in [-0.15, -0.1) is 0 Å². The van der Waals surface area contributed by atoms with Crippen LogP contribution in [0.4, 0.5) is 5.69 Å². The van der Waals surface area contributed by atoms with E-state index in [-0.39, 0.29) is 18.1 Å². The molecule has 3 rings (SSSR count). The SMILES string of the molecule is CC(C)(C)C1CCN(C(=O)c2cc3c(cc2N)OCO3)C1. The number of carbonyl (C=O) groups excluding carboxylic acids is 1. The number of rotatable bonds is 1. The molecule has 0 radical (unpaired) electrons. The summed E-state index contributed by atoms with van der Waals surface area (Å²) in [6.45, 7) is 8.43. The van der Waals surface area contributed by atoms with Crippen molar-refractivity contribution >= 4 is 11.6 Å². The first-order chi connectivity index (χ1) is 9.86. The number of nitrogens with two attached hydrogens (primary N) is 1. The second kappa shape index (κ2) is 4.83. The average molecular weight is 290 g/mol. The van der Waals surface area contributed by atoms with Gasteiger partial charge in [0.2, 0.25) is 6.79 Å². The minimum atomic E-state index is -0.0162. The number of ether oxygens (including phenoxy) is 2. The van der Waals surface area contributed by atoms with Crippen molar-refractivity contribution in [1.82, 2.24) is 4.90 Å². The molecule has 21 heavy (non-hydrogen) atoms. The summed E-state index contributed by atoms with van der Waals surface area (Å²) in [5.41, 5.74) is 7.17. The van der Waals surface area contributed by atoms with E-state index in [1.807, 2.05) is 4.90 Å². The molecular weight excluding hydrogens is 268 g/mol. The topological polar surface area (TPSA) is 64.8 Å². The standard InChI is InChI=1S/C16H22N2O3/c1-16(2,3)10-4-5-18(8-10)15(19)11-6-13-14(7-12(11)17)21-9-20-13/h6-7,10H,4-5,8-9,17H2,1-3H3. The largest absolute Gasteiger partial charge is 0.454 e. The van der Waals surface area contributed by atoms with E-state index >= 15 is 0 Å². The number of anilines is 1. The molecule has 114 valence electrons. The highest BCUT2D eigenvalue weighted by molar-refractivity contribution is 6.00. The van der Waals surface area contributed by atoms with Crippen LogP contribution >= 0.6 is 0 Å². The fourth-order valence-electron chi connectivity index (χ4n) is 2.96. The summed E-state index contributed by atoms with van der Waals surface area (Å²) in [6, 6.07) is 3.37. The number of hydrogen-bond acceptors (Lipinski definition) is 4. The number of nitrogen functional groups attached to an aromatic ring is 1. The predicted molar refractivity (Wildman–Crippen MR) is 80.4 cm³/mol. The van der Waals surface area contributed by atoms with E-state index in [1.165, 1.54) is 0 Å². The van der Waals surface area contributed by atoms with Crippen LogP contribution in [0.3, 0.4) is 0 Å². The van der Waals surface area contributed by atoms with Crippen molar-refractivity contribution in [2.24, 2.45) is 11.3 Å². The summed E-state index contributed by atoms with van der Waals surface area (Å²) >= 11 is 0. The van der Waals surface area contributed by atoms with Crippen LogP contribution in [0.15, 0.2) is 12.1 Å². The molecule has 1 atom stereocenters. The number of fused-ring (bicyclic) bond motifs is 1. The maximum absolute atomic E-state index is 12.7. The normalized spacial score (nSPS) is 20.9. The maximum atomic E-state index is 12.7. The Kier molecular flexibility index (Phi) is 3.23. The van der Waals surface area contributed by atoms with Crippen LogP contribution in [0.1, 0.15) is 37.6 Å². The number of likely N-dealkylation sites (tertiary alicyclic amines) is 1. The van der Waals surface area contributed by atoms with Gasteiger partial charge in [0.15, 0.2) is 11.5 Å². The van der Waals surface area contributed by atoms with E-state index in [4.69, 9.17) is 15.2 Å². The first-order valence-electron chi connectivity index (χ1n) is 7.34. The van der Waals surface area contributed by atoms with Crippen molar-refractivity contribution in [2.45, 2.75) is 27.2 Å². The van der Waals surface area contributed by atoms with Crippen LogP contribution < -0.4 is 15.2 Å². The van der Waals surface area contributed by atoms with Crippen LogP contribution in [0.2, 0.25) is 0 Å². The van der Waals surface area contributed by atoms with Gasteiger partial charge in [0.1, 0.15) is 0 Å². The third kappa shape index (κ3) is 2.52. The van der Waals surface area contributed by atoms with Crippen LogP contribution in [0.25, 0.3) is 0 Å². The molecule has 5 nitrogen and oxygen atoms in total. The lowest BCUT2D eigenvalue weighted by atomic mass is 9.80. The Morgan fingerprint density at radius 1 is 1.29 bits per heavy atom. The number of carbonyl (C=O) groups is 1. The third-order valence-electron chi connectivity index (χ3n) is 4.48. The average Bonchev–Trinajstić information content (AvgIpc) is 3.04. The fraction of sp³-hybridized carbons (Fsp3) is 0.562. The summed E-state index contributed by atoms with van der Waals surface area (Å²) in [7, 11) is 0. The Morgan fingerprint density at radius 2 is 1.95 bits per heavy atom. The molecule has 2 aliphatic heterocycles. The molecule has 5 heteroatoms. The van der Waals surface area contributed by atoms with Gasteiger partial charge in [-0.25, -0.2) is 0 Å². The van der Waals surface area contributed by atoms with Gasteiger partial charge in [0.05, 0.1) is 5.56 Å². The maximum Gasteiger partial charge on any atom is 0.256 e. The molecule has 2 heterocycles. The molecule has 0 aromatic heterocycles. The second-order valence-corrected chi connectivity index (χ2v) is 6.90. The Bertz CT molecular complexity index is 578. The molecular formula is C16H22N2O3. The van der Waals surface area contributed by atoms with Gasteiger partial charge >= 0.3 is 0 Å². The minimum Gasteiger partial charge on any atom is -0.454 e. The van der Waals surface area contributed by atoms with Gasteiger partial charge in [-0.1, -0.05) is 20.8 Å². The molecule has 1 unspecified atom stereocenters. The van der Waals surface area contributed by atoms with E-state index < -0.39 is 0 Å². The van der Waals surface area contributed by atoms with E-state index in [1.54, 1.807) is 12.1 Å². The third-order valence-corrected chi connectivity index (χ3v) is 4.48. The van der Waals surface area contributed by atoms with Gasteiger partial charge in [0, 0.05) is 24.8 Å². The molecule has 1 aromatic rings. The molecule has 0 saturated carbocycles. The molecule has 0 bridgehead atoms. The van der Waals surface area contributed by atoms with Gasteiger partial charge in [-0.3, -0.25) is 4.79 Å². The Balaban J connectivity index is 1.81. The molecule has 2 aliphatic rings. The molecule has 1 saturated heterocycles. The lowest BCUT2D eigenvalue weighted by molar-refractivity contribution is 0.0777. The van der Waals surface area contributed by atoms with Crippen LogP contribution in [-0.2, 0) is 0 Å². The monoisotopic (exact) mass is 290 g/mol. The summed E-state index contributed by atoms with van der Waals surface area (Å²) in [4.78, 5) is 14.6. The molecule has 2 N–H and O–H groups in total. The van der Waals surface area contributed by atoms with Crippen molar-refractivity contribution in [1.29, 1.82) is 0 Å². The Labute approximate surface area is 125 Å². The van der Waals surface area contributed by atoms with Crippen molar-refractivity contribution in [3.8, 4) is 11.5 Å². The first-order valence-corrected chi connectivity index (χ1v) is 7.34. The van der Waals surface area contributed by atoms with Crippen molar-refractivity contribution in [3.05, 3.63) is 17.7 Å². The highest BCUT2D eigenvalue weighted by Crippen LogP contribution is 2.38. The highest BCUT2D eigenvalue weighted by Gasteiger charge is 2.35. The Hall–Kier alpha value is -1.91. The Morgan fingerprint density at radius 3 is 2.57 bits per heavy atom. The molecule has 0 spiro atoms. The van der Waals surface area contributed by atoms with Gasteiger partial charge < -0.3 is 20.1 Å². The second-order valence-electron chi connectivity index (χ2n) is 6.90. The van der Waals surface area contributed by atoms with Crippen LogP contribution in [0, 0.1) is 11.3 Å². The zero-order chi connectivity index (χ0) is 15.2. The molecule has 1 amide bonds. The lowest BCUT2D eigenvalue weighted by Gasteiger charge is -2.27.